The molecule has 41 heavy (non-hydrogen) atoms. The van der Waals surface area contributed by atoms with Crippen molar-refractivity contribution in [1.82, 2.24) is 5.32 Å². The molecule has 0 aliphatic rings. The van der Waals surface area contributed by atoms with Crippen LogP contribution in [0.2, 0.25) is 0 Å². The van der Waals surface area contributed by atoms with Crippen LogP contribution in [-0.2, 0) is 34.9 Å². The highest BCUT2D eigenvalue weighted by Gasteiger charge is 2.23. The van der Waals surface area contributed by atoms with Crippen LogP contribution in [0.25, 0.3) is 0 Å². The smallest absolute Gasteiger partial charge is 0.468 e. The Morgan fingerprint density at radius 3 is 1.93 bits per heavy atom. The van der Waals surface area contributed by atoms with E-state index in [0.717, 1.165) is 12.8 Å². The highest BCUT2D eigenvalue weighted by Crippen LogP contribution is 2.30. The maximum absolute atomic E-state index is 12.5. The monoisotopic (exact) mass is 583 g/mol. The fraction of sp³-hybridized carbons (Fsp3) is 0.655. The second-order valence-corrected chi connectivity index (χ2v) is 9.85. The van der Waals surface area contributed by atoms with Gasteiger partial charge in [-0.15, -0.1) is 0 Å². The van der Waals surface area contributed by atoms with Crippen LogP contribution in [0.1, 0.15) is 66.4 Å². The second kappa shape index (κ2) is 19.5. The summed E-state index contributed by atoms with van der Waals surface area (Å²) in [6.45, 7) is 12.0. The number of nitrogens with one attached hydrogen (secondary N) is 1. The van der Waals surface area contributed by atoms with Gasteiger partial charge in [-0.1, -0.05) is 53.5 Å². The van der Waals surface area contributed by atoms with Crippen LogP contribution in [0, 0.1) is 11.8 Å². The molecular weight excluding hydrogens is 538 g/mol. The van der Waals surface area contributed by atoms with Crippen LogP contribution < -0.4 is 14.8 Å². The minimum absolute atomic E-state index is 0.0569. The van der Waals surface area contributed by atoms with E-state index in [1.54, 1.807) is 13.0 Å². The highest BCUT2D eigenvalue weighted by atomic mass is 16.7. The van der Waals surface area contributed by atoms with Gasteiger partial charge in [0.15, 0.2) is 11.5 Å². The summed E-state index contributed by atoms with van der Waals surface area (Å²) in [5.41, 5.74) is 0.550. The Morgan fingerprint density at radius 1 is 0.805 bits per heavy atom. The Balaban J connectivity index is 3.04. The molecule has 232 valence electrons. The fourth-order valence-corrected chi connectivity index (χ4v) is 3.09. The summed E-state index contributed by atoms with van der Waals surface area (Å²) in [5.74, 6) is -0.425. The Bertz CT molecular complexity index is 968. The van der Waals surface area contributed by atoms with E-state index in [0.29, 0.717) is 12.0 Å². The molecule has 0 aromatic heterocycles. The number of hydrogen-bond donors (Lipinski definition) is 1. The molecular formula is C29H45NO11. The standard InChI is InChI=1S/C29H45NO11/c1-8-13-36-27(32)39-21(6)16-30-23(26(31)35-7)14-22-11-12-24(40-28(33)37-17-19(4)9-2)25(15-22)41-29(34)38-18-20(5)10-3/h11-12,15,19-21,23,30H,8-10,13-14,16-18H2,1-7H3/t19?,20?,21?,23-/m0/s1. The summed E-state index contributed by atoms with van der Waals surface area (Å²) in [6.07, 6.45) is -0.904. The van der Waals surface area contributed by atoms with Crippen molar-refractivity contribution in [3.8, 4) is 11.5 Å². The van der Waals surface area contributed by atoms with E-state index in [9.17, 15) is 19.2 Å². The van der Waals surface area contributed by atoms with Gasteiger partial charge in [0.25, 0.3) is 0 Å². The van der Waals surface area contributed by atoms with E-state index in [1.165, 1.54) is 19.2 Å². The topological polar surface area (TPSA) is 145 Å². The average molecular weight is 584 g/mol. The fourth-order valence-electron chi connectivity index (χ4n) is 3.09. The van der Waals surface area contributed by atoms with Gasteiger partial charge in [0.2, 0.25) is 0 Å². The van der Waals surface area contributed by atoms with Gasteiger partial charge in [-0.05, 0) is 49.3 Å². The molecule has 0 spiro atoms. The second-order valence-electron chi connectivity index (χ2n) is 9.85. The molecule has 0 aliphatic carbocycles. The summed E-state index contributed by atoms with van der Waals surface area (Å²) in [7, 11) is 1.25. The lowest BCUT2D eigenvalue weighted by Gasteiger charge is -2.20. The molecule has 0 saturated carbocycles. The molecule has 3 unspecified atom stereocenters. The van der Waals surface area contributed by atoms with Crippen molar-refractivity contribution in [1.29, 1.82) is 0 Å². The summed E-state index contributed by atoms with van der Waals surface area (Å²) >= 11 is 0. The molecule has 1 rings (SSSR count). The quantitative estimate of drug-likeness (QED) is 0.142. The van der Waals surface area contributed by atoms with E-state index >= 15 is 0 Å². The van der Waals surface area contributed by atoms with E-state index in [1.807, 2.05) is 34.6 Å². The summed E-state index contributed by atoms with van der Waals surface area (Å²) in [4.78, 5) is 48.8. The molecule has 12 nitrogen and oxygen atoms in total. The van der Waals surface area contributed by atoms with Crippen LogP contribution in [-0.4, -0.2) is 70.1 Å². The zero-order valence-corrected chi connectivity index (χ0v) is 25.2. The number of carbonyl (C=O) groups excluding carboxylic acids is 4. The predicted octanol–water partition coefficient (Wildman–Crippen LogP) is 5.44. The van der Waals surface area contributed by atoms with Gasteiger partial charge in [-0.2, -0.15) is 0 Å². The van der Waals surface area contributed by atoms with Crippen molar-refractivity contribution in [2.24, 2.45) is 11.8 Å². The van der Waals surface area contributed by atoms with E-state index < -0.39 is 36.6 Å². The lowest BCUT2D eigenvalue weighted by Crippen LogP contribution is -2.43. The van der Waals surface area contributed by atoms with Crippen LogP contribution in [0.15, 0.2) is 18.2 Å². The highest BCUT2D eigenvalue weighted by molar-refractivity contribution is 5.76. The molecule has 0 fully saturated rings. The Kier molecular flexibility index (Phi) is 16.9. The molecule has 1 aromatic carbocycles. The van der Waals surface area contributed by atoms with Gasteiger partial charge in [-0.3, -0.25) is 4.79 Å². The third-order valence-electron chi connectivity index (χ3n) is 6.06. The van der Waals surface area contributed by atoms with Gasteiger partial charge < -0.3 is 38.5 Å². The lowest BCUT2D eigenvalue weighted by atomic mass is 10.0. The van der Waals surface area contributed by atoms with Crippen molar-refractivity contribution in [2.45, 2.75) is 79.4 Å². The Labute approximate surface area is 242 Å². The summed E-state index contributed by atoms with van der Waals surface area (Å²) < 4.78 is 36.0. The molecule has 1 aromatic rings. The number of rotatable bonds is 17. The van der Waals surface area contributed by atoms with Crippen molar-refractivity contribution < 1.29 is 52.3 Å². The third-order valence-corrected chi connectivity index (χ3v) is 6.06. The third kappa shape index (κ3) is 14.6. The van der Waals surface area contributed by atoms with Gasteiger partial charge >= 0.3 is 24.4 Å². The maximum atomic E-state index is 12.5. The molecule has 4 atom stereocenters. The molecule has 0 aliphatic heterocycles. The molecule has 0 saturated heterocycles. The maximum Gasteiger partial charge on any atom is 0.513 e. The molecule has 12 heteroatoms. The van der Waals surface area contributed by atoms with Crippen molar-refractivity contribution >= 4 is 24.4 Å². The van der Waals surface area contributed by atoms with E-state index in [-0.39, 0.29) is 56.1 Å². The molecule has 0 radical (unpaired) electrons. The minimum Gasteiger partial charge on any atom is -0.468 e. The normalized spacial score (nSPS) is 13.6. The first-order valence-electron chi connectivity index (χ1n) is 14.0. The van der Waals surface area contributed by atoms with Crippen LogP contribution >= 0.6 is 0 Å². The molecule has 0 amide bonds. The summed E-state index contributed by atoms with van der Waals surface area (Å²) in [6, 6.07) is 3.66. The largest absolute Gasteiger partial charge is 0.513 e. The number of esters is 1. The first-order valence-corrected chi connectivity index (χ1v) is 14.0. The number of ether oxygens (including phenoxy) is 7. The van der Waals surface area contributed by atoms with Crippen molar-refractivity contribution in [2.75, 3.05) is 33.5 Å². The van der Waals surface area contributed by atoms with Crippen LogP contribution in [0.4, 0.5) is 14.4 Å². The number of carbonyl (C=O) groups is 4. The van der Waals surface area contributed by atoms with Crippen LogP contribution in [0.3, 0.4) is 0 Å². The van der Waals surface area contributed by atoms with Crippen molar-refractivity contribution in [3.05, 3.63) is 23.8 Å². The van der Waals surface area contributed by atoms with Gasteiger partial charge in [0.05, 0.1) is 26.9 Å². The predicted molar refractivity (Wildman–Crippen MR) is 149 cm³/mol. The van der Waals surface area contributed by atoms with Gasteiger partial charge in [0.1, 0.15) is 12.1 Å². The van der Waals surface area contributed by atoms with Crippen molar-refractivity contribution in [3.63, 3.8) is 0 Å². The molecule has 0 bridgehead atoms. The van der Waals surface area contributed by atoms with E-state index in [2.05, 4.69) is 5.32 Å². The zero-order chi connectivity index (χ0) is 30.8. The number of methoxy groups -OCH3 is 1. The zero-order valence-electron chi connectivity index (χ0n) is 25.2. The molecule has 0 heterocycles. The first-order chi connectivity index (χ1) is 19.5. The van der Waals surface area contributed by atoms with Gasteiger partial charge in [0, 0.05) is 6.54 Å². The minimum atomic E-state index is -0.969. The lowest BCUT2D eigenvalue weighted by molar-refractivity contribution is -0.143. The molecule has 1 N–H and O–H groups in total. The van der Waals surface area contributed by atoms with Gasteiger partial charge in [-0.25, -0.2) is 14.4 Å². The Hall–Kier alpha value is -3.54. The van der Waals surface area contributed by atoms with Crippen LogP contribution in [0.5, 0.6) is 11.5 Å². The summed E-state index contributed by atoms with van der Waals surface area (Å²) in [5, 5.41) is 3.01. The number of benzene rings is 1. The number of hydrogen-bond acceptors (Lipinski definition) is 12. The van der Waals surface area contributed by atoms with E-state index in [4.69, 9.17) is 33.2 Å². The average Bonchev–Trinajstić information content (AvgIpc) is 2.96. The first kappa shape index (κ1) is 35.5. The SMILES string of the molecule is CCCOC(=O)OC(C)CN[C@@H](Cc1ccc(OC(=O)OCC(C)CC)c(OC(=O)OCC(C)CC)c1)C(=O)OC. The Morgan fingerprint density at radius 2 is 1.39 bits per heavy atom.